The fourth-order valence-corrected chi connectivity index (χ4v) is 2.37. The molecule has 0 saturated heterocycles. The summed E-state index contributed by atoms with van der Waals surface area (Å²) >= 11 is 6.03. The maximum Gasteiger partial charge on any atom is 0.226 e. The number of fused-ring (bicyclic) bond motifs is 3. The monoisotopic (exact) mass is 278 g/mol. The first-order valence-corrected chi connectivity index (χ1v) is 6.37. The first-order chi connectivity index (χ1) is 8.97. The van der Waals surface area contributed by atoms with Crippen molar-refractivity contribution in [2.24, 2.45) is 0 Å². The zero-order valence-corrected chi connectivity index (χ0v) is 11.5. The van der Waals surface area contributed by atoms with E-state index < -0.39 is 0 Å². The van der Waals surface area contributed by atoms with Crippen LogP contribution in [0.2, 0.25) is 5.28 Å². The van der Waals surface area contributed by atoms with Crippen molar-refractivity contribution in [3.05, 3.63) is 34.6 Å². The molecule has 0 spiro atoms. The number of nitrogens with zero attached hydrogens (tertiary/aromatic N) is 4. The molecule has 4 nitrogen and oxygen atoms in total. The summed E-state index contributed by atoms with van der Waals surface area (Å²) in [7, 11) is 0. The smallest absolute Gasteiger partial charge is 0.218 e. The van der Waals surface area contributed by atoms with Crippen LogP contribution in [0.4, 0.5) is 4.39 Å². The molecule has 2 aromatic heterocycles. The van der Waals surface area contributed by atoms with Gasteiger partial charge in [0.1, 0.15) is 11.6 Å². The zero-order valence-electron chi connectivity index (χ0n) is 10.8. The van der Waals surface area contributed by atoms with Gasteiger partial charge in [0, 0.05) is 11.5 Å². The molecule has 0 fully saturated rings. The third-order valence-electron chi connectivity index (χ3n) is 3.08. The van der Waals surface area contributed by atoms with Crippen LogP contribution >= 0.6 is 11.6 Å². The lowest BCUT2D eigenvalue weighted by atomic mass is 10.0. The van der Waals surface area contributed by atoms with Gasteiger partial charge in [0.25, 0.3) is 0 Å². The van der Waals surface area contributed by atoms with Gasteiger partial charge >= 0.3 is 0 Å². The van der Waals surface area contributed by atoms with Gasteiger partial charge in [0.15, 0.2) is 5.65 Å². The average molecular weight is 279 g/mol. The Balaban J connectivity index is 2.48. The van der Waals surface area contributed by atoms with Crippen molar-refractivity contribution >= 4 is 28.2 Å². The minimum atomic E-state index is -0.272. The highest BCUT2D eigenvalue weighted by atomic mass is 35.5. The summed E-state index contributed by atoms with van der Waals surface area (Å²) in [4.78, 5) is 8.50. The second-order valence-corrected chi connectivity index (χ2v) is 5.16. The van der Waals surface area contributed by atoms with E-state index in [4.69, 9.17) is 11.6 Å². The Labute approximate surface area is 114 Å². The van der Waals surface area contributed by atoms with Crippen molar-refractivity contribution in [1.29, 1.82) is 0 Å². The fourth-order valence-electron chi connectivity index (χ4n) is 2.16. The number of aryl methyl sites for hydroxylation is 1. The maximum absolute atomic E-state index is 14.0. The van der Waals surface area contributed by atoms with Crippen LogP contribution in [0.3, 0.4) is 0 Å². The molecule has 3 aromatic rings. The van der Waals surface area contributed by atoms with E-state index in [0.717, 1.165) is 5.39 Å². The van der Waals surface area contributed by atoms with Crippen molar-refractivity contribution in [3.8, 4) is 0 Å². The quantitative estimate of drug-likeness (QED) is 0.640. The van der Waals surface area contributed by atoms with E-state index in [1.807, 2.05) is 13.8 Å². The first kappa shape index (κ1) is 12.3. The molecule has 1 aromatic carbocycles. The SMILES string of the molecule is Cc1nc2c3cc(C(C)C)c(F)cc3nc(Cl)n2n1. The third-order valence-corrected chi connectivity index (χ3v) is 3.32. The minimum absolute atomic E-state index is 0.0872. The molecule has 3 rings (SSSR count). The van der Waals surface area contributed by atoms with Gasteiger partial charge in [-0.25, -0.2) is 14.4 Å². The summed E-state index contributed by atoms with van der Waals surface area (Å²) in [6.07, 6.45) is 0. The Morgan fingerprint density at radius 2 is 2.00 bits per heavy atom. The predicted molar refractivity (Wildman–Crippen MR) is 72.1 cm³/mol. The summed E-state index contributed by atoms with van der Waals surface area (Å²) in [6, 6.07) is 3.18. The van der Waals surface area contributed by atoms with Crippen molar-refractivity contribution in [2.75, 3.05) is 0 Å². The van der Waals surface area contributed by atoms with E-state index in [2.05, 4.69) is 15.1 Å². The summed E-state index contributed by atoms with van der Waals surface area (Å²) in [6.45, 7) is 5.67. The van der Waals surface area contributed by atoms with Gasteiger partial charge < -0.3 is 0 Å². The van der Waals surface area contributed by atoms with Crippen molar-refractivity contribution in [2.45, 2.75) is 26.7 Å². The van der Waals surface area contributed by atoms with Crippen LogP contribution in [-0.4, -0.2) is 19.6 Å². The first-order valence-electron chi connectivity index (χ1n) is 5.99. The molecule has 0 aliphatic rings. The van der Waals surface area contributed by atoms with Crippen molar-refractivity contribution in [3.63, 3.8) is 0 Å². The van der Waals surface area contributed by atoms with E-state index in [-0.39, 0.29) is 17.0 Å². The number of hydrogen-bond acceptors (Lipinski definition) is 3. The Kier molecular flexibility index (Phi) is 2.67. The van der Waals surface area contributed by atoms with Gasteiger partial charge in [0.2, 0.25) is 5.28 Å². The highest BCUT2D eigenvalue weighted by Crippen LogP contribution is 2.27. The Bertz CT molecular complexity index is 794. The molecule has 0 unspecified atom stereocenters. The number of aromatic nitrogens is 4. The molecule has 0 atom stereocenters. The molecule has 19 heavy (non-hydrogen) atoms. The highest BCUT2D eigenvalue weighted by Gasteiger charge is 2.15. The van der Waals surface area contributed by atoms with Crippen molar-refractivity contribution in [1.82, 2.24) is 19.6 Å². The van der Waals surface area contributed by atoms with Gasteiger partial charge in [0.05, 0.1) is 5.52 Å². The number of benzene rings is 1. The minimum Gasteiger partial charge on any atom is -0.218 e. The van der Waals surface area contributed by atoms with Crippen molar-refractivity contribution < 1.29 is 4.39 Å². The van der Waals surface area contributed by atoms with Crippen LogP contribution in [0, 0.1) is 12.7 Å². The lowest BCUT2D eigenvalue weighted by Gasteiger charge is -2.09. The standard InChI is InChI=1S/C13H12ClFN4/c1-6(2)8-4-9-11(5-10(8)15)17-13(14)19-12(9)16-7(3)18-19/h4-6H,1-3H3. The highest BCUT2D eigenvalue weighted by molar-refractivity contribution is 6.29. The fraction of sp³-hybridized carbons (Fsp3) is 0.308. The molecule has 0 aliphatic carbocycles. The molecule has 0 aliphatic heterocycles. The zero-order chi connectivity index (χ0) is 13.7. The summed E-state index contributed by atoms with van der Waals surface area (Å²) in [5, 5.41) is 5.12. The van der Waals surface area contributed by atoms with Crippen LogP contribution in [0.15, 0.2) is 12.1 Å². The van der Waals surface area contributed by atoms with Crippen LogP contribution in [0.25, 0.3) is 16.6 Å². The van der Waals surface area contributed by atoms with Crippen LogP contribution < -0.4 is 0 Å². The van der Waals surface area contributed by atoms with Crippen LogP contribution in [0.1, 0.15) is 31.2 Å². The largest absolute Gasteiger partial charge is 0.226 e. The second-order valence-electron chi connectivity index (χ2n) is 4.82. The van der Waals surface area contributed by atoms with Gasteiger partial charge in [-0.05, 0) is 36.1 Å². The summed E-state index contributed by atoms with van der Waals surface area (Å²) in [5.74, 6) is 0.419. The molecular weight excluding hydrogens is 267 g/mol. The molecule has 0 bridgehead atoms. The third kappa shape index (κ3) is 1.85. The van der Waals surface area contributed by atoms with E-state index in [1.165, 1.54) is 10.6 Å². The topological polar surface area (TPSA) is 43.1 Å². The number of rotatable bonds is 1. The van der Waals surface area contributed by atoms with Gasteiger partial charge in [-0.1, -0.05) is 13.8 Å². The molecule has 6 heteroatoms. The van der Waals surface area contributed by atoms with E-state index in [9.17, 15) is 4.39 Å². The molecule has 98 valence electrons. The second kappa shape index (κ2) is 4.13. The molecule has 2 heterocycles. The van der Waals surface area contributed by atoms with E-state index in [0.29, 0.717) is 22.6 Å². The molecule has 0 radical (unpaired) electrons. The molecule has 0 saturated carbocycles. The van der Waals surface area contributed by atoms with Gasteiger partial charge in [-0.2, -0.15) is 4.52 Å². The van der Waals surface area contributed by atoms with Gasteiger partial charge in [-0.3, -0.25) is 0 Å². The number of halogens is 2. The predicted octanol–water partition coefficient (Wildman–Crippen LogP) is 3.50. The lowest BCUT2D eigenvalue weighted by Crippen LogP contribution is -1.99. The molecule has 0 N–H and O–H groups in total. The van der Waals surface area contributed by atoms with Gasteiger partial charge in [-0.15, -0.1) is 5.10 Å². The Morgan fingerprint density at radius 3 is 2.68 bits per heavy atom. The molecule has 0 amide bonds. The van der Waals surface area contributed by atoms with E-state index in [1.54, 1.807) is 13.0 Å². The van der Waals surface area contributed by atoms with E-state index >= 15 is 0 Å². The number of hydrogen-bond donors (Lipinski definition) is 0. The lowest BCUT2D eigenvalue weighted by molar-refractivity contribution is 0.600. The Hall–Kier alpha value is -1.75. The molecular formula is C13H12ClFN4. The normalized spacial score (nSPS) is 11.9. The summed E-state index contributed by atoms with van der Waals surface area (Å²) < 4.78 is 15.5. The summed E-state index contributed by atoms with van der Waals surface area (Å²) in [5.41, 5.74) is 1.74. The maximum atomic E-state index is 14.0. The Morgan fingerprint density at radius 1 is 1.26 bits per heavy atom. The average Bonchev–Trinajstić information content (AvgIpc) is 2.70. The van der Waals surface area contributed by atoms with Crippen LogP contribution in [-0.2, 0) is 0 Å². The van der Waals surface area contributed by atoms with Crippen LogP contribution in [0.5, 0.6) is 0 Å².